The Morgan fingerprint density at radius 3 is 2.08 bits per heavy atom. The van der Waals surface area contributed by atoms with Gasteiger partial charge in [0.1, 0.15) is 18.4 Å². The summed E-state index contributed by atoms with van der Waals surface area (Å²) >= 11 is 0. The Morgan fingerprint density at radius 2 is 1.45 bits per heavy atom. The molecule has 0 saturated heterocycles. The van der Waals surface area contributed by atoms with E-state index in [1.165, 1.54) is 18.3 Å². The summed E-state index contributed by atoms with van der Waals surface area (Å²) in [6, 6.07) is 31.7. The van der Waals surface area contributed by atoms with E-state index in [0.29, 0.717) is 12.4 Å². The van der Waals surface area contributed by atoms with Crippen LogP contribution in [0.1, 0.15) is 22.3 Å². The van der Waals surface area contributed by atoms with E-state index in [1.54, 1.807) is 12.1 Å². The first kappa shape index (κ1) is 26.8. The number of nitrogens with one attached hydrogen (secondary N) is 2. The zero-order valence-corrected chi connectivity index (χ0v) is 21.8. The minimum Gasteiger partial charge on any atom is -0.489 e. The Balaban J connectivity index is 1.40. The van der Waals surface area contributed by atoms with Crippen LogP contribution in [0, 0.1) is 6.92 Å². The lowest BCUT2D eigenvalue weighted by Crippen LogP contribution is -2.46. The van der Waals surface area contributed by atoms with E-state index in [1.807, 2.05) is 91.9 Å². The maximum Gasteiger partial charge on any atom is 0.258 e. The van der Waals surface area contributed by atoms with Crippen LogP contribution in [0.3, 0.4) is 0 Å². The summed E-state index contributed by atoms with van der Waals surface area (Å²) in [5.41, 5.74) is 6.04. The lowest BCUT2D eigenvalue weighted by atomic mass is 10.1. The number of amides is 1. The average Bonchev–Trinajstić information content (AvgIpc) is 2.93. The average molecular weight is 528 g/mol. The third-order valence-corrected chi connectivity index (χ3v) is 7.23. The Morgan fingerprint density at radius 1 is 0.842 bits per heavy atom. The van der Waals surface area contributed by atoms with Crippen molar-refractivity contribution in [2.24, 2.45) is 5.10 Å². The number of nitrogens with zero attached hydrogens (tertiary/aromatic N) is 1. The highest BCUT2D eigenvalue weighted by atomic mass is 32.2. The molecule has 0 aliphatic carbocycles. The van der Waals surface area contributed by atoms with Crippen molar-refractivity contribution in [3.63, 3.8) is 0 Å². The highest BCUT2D eigenvalue weighted by molar-refractivity contribution is 7.89. The summed E-state index contributed by atoms with van der Waals surface area (Å²) in [4.78, 5) is 13.1. The van der Waals surface area contributed by atoms with E-state index in [9.17, 15) is 13.2 Å². The second-order valence-electron chi connectivity index (χ2n) is 8.75. The lowest BCUT2D eigenvalue weighted by Gasteiger charge is -2.17. The van der Waals surface area contributed by atoms with Crippen LogP contribution < -0.4 is 14.9 Å². The second-order valence-corrected chi connectivity index (χ2v) is 10.5. The van der Waals surface area contributed by atoms with Gasteiger partial charge in [0, 0.05) is 0 Å². The number of aryl methyl sites for hydroxylation is 1. The number of carbonyl (C=O) groups excluding carboxylic acids is 1. The first-order valence-corrected chi connectivity index (χ1v) is 13.6. The molecule has 1 atom stereocenters. The van der Waals surface area contributed by atoms with Crippen molar-refractivity contribution in [2.45, 2.75) is 30.9 Å². The number of hydrogen-bond donors (Lipinski definition) is 2. The molecule has 0 bridgehead atoms. The van der Waals surface area contributed by atoms with Gasteiger partial charge in [-0.05, 0) is 66.4 Å². The van der Waals surface area contributed by atoms with Gasteiger partial charge in [-0.1, -0.05) is 78.4 Å². The number of benzene rings is 4. The molecule has 1 unspecified atom stereocenters. The Hall–Kier alpha value is -4.27. The third-order valence-electron chi connectivity index (χ3n) is 5.74. The quantitative estimate of drug-likeness (QED) is 0.220. The van der Waals surface area contributed by atoms with Gasteiger partial charge in [-0.25, -0.2) is 13.8 Å². The molecule has 0 radical (unpaired) electrons. The van der Waals surface area contributed by atoms with Crippen molar-refractivity contribution in [3.8, 4) is 5.75 Å². The van der Waals surface area contributed by atoms with Gasteiger partial charge in [0.25, 0.3) is 5.91 Å². The minimum absolute atomic E-state index is 0.0898. The van der Waals surface area contributed by atoms with Gasteiger partial charge in [0.15, 0.2) is 0 Å². The van der Waals surface area contributed by atoms with Crippen LogP contribution in [0.25, 0.3) is 0 Å². The summed E-state index contributed by atoms with van der Waals surface area (Å²) in [7, 11) is -3.93. The molecule has 0 aliphatic heterocycles. The summed E-state index contributed by atoms with van der Waals surface area (Å²) in [6.45, 7) is 2.34. The normalized spacial score (nSPS) is 12.2. The molecule has 0 spiro atoms. The molecule has 4 aromatic rings. The molecule has 0 fully saturated rings. The van der Waals surface area contributed by atoms with Crippen molar-refractivity contribution in [1.82, 2.24) is 10.1 Å². The SMILES string of the molecule is Cc1ccc(S(=O)(=O)NC(Cc2ccccc2)C(=O)NN=Cc2ccc(OCc3ccccc3)cc2)cc1. The first-order valence-electron chi connectivity index (χ1n) is 12.1. The molecule has 2 N–H and O–H groups in total. The van der Waals surface area contributed by atoms with E-state index >= 15 is 0 Å². The molecule has 8 heteroatoms. The third kappa shape index (κ3) is 7.86. The molecular formula is C30H29N3O4S. The summed E-state index contributed by atoms with van der Waals surface area (Å²) in [5, 5.41) is 4.04. The van der Waals surface area contributed by atoms with Crippen LogP contribution >= 0.6 is 0 Å². The second kappa shape index (κ2) is 12.8. The van der Waals surface area contributed by atoms with Crippen LogP contribution in [-0.4, -0.2) is 26.6 Å². The van der Waals surface area contributed by atoms with Gasteiger partial charge in [-0.15, -0.1) is 0 Å². The van der Waals surface area contributed by atoms with E-state index in [4.69, 9.17) is 4.74 Å². The Bertz CT molecular complexity index is 1460. The number of hydrogen-bond acceptors (Lipinski definition) is 5. The monoisotopic (exact) mass is 527 g/mol. The number of rotatable bonds is 11. The van der Waals surface area contributed by atoms with Crippen LogP contribution in [0.5, 0.6) is 5.75 Å². The topological polar surface area (TPSA) is 96.9 Å². The molecule has 0 aliphatic rings. The molecule has 1 amide bonds. The van der Waals surface area contributed by atoms with Crippen molar-refractivity contribution in [1.29, 1.82) is 0 Å². The zero-order valence-electron chi connectivity index (χ0n) is 20.9. The van der Waals surface area contributed by atoms with E-state index < -0.39 is 22.0 Å². The molecular weight excluding hydrogens is 498 g/mol. The summed E-state index contributed by atoms with van der Waals surface area (Å²) in [5.74, 6) is 0.145. The lowest BCUT2D eigenvalue weighted by molar-refractivity contribution is -0.122. The maximum absolute atomic E-state index is 13.0. The van der Waals surface area contributed by atoms with Gasteiger partial charge in [-0.2, -0.15) is 9.82 Å². The van der Waals surface area contributed by atoms with Crippen LogP contribution in [0.4, 0.5) is 0 Å². The molecule has 4 aromatic carbocycles. The van der Waals surface area contributed by atoms with E-state index in [-0.39, 0.29) is 11.3 Å². The number of ether oxygens (including phenoxy) is 1. The highest BCUT2D eigenvalue weighted by Crippen LogP contribution is 2.14. The predicted molar refractivity (Wildman–Crippen MR) is 148 cm³/mol. The number of carbonyl (C=O) groups is 1. The van der Waals surface area contributed by atoms with E-state index in [2.05, 4.69) is 15.2 Å². The molecule has 0 aromatic heterocycles. The van der Waals surface area contributed by atoms with Gasteiger partial charge in [0.05, 0.1) is 11.1 Å². The highest BCUT2D eigenvalue weighted by Gasteiger charge is 2.26. The van der Waals surface area contributed by atoms with Crippen molar-refractivity contribution in [2.75, 3.05) is 0 Å². The number of hydrazone groups is 1. The Kier molecular flexibility index (Phi) is 9.02. The summed E-state index contributed by atoms with van der Waals surface area (Å²) < 4.78 is 34.3. The van der Waals surface area contributed by atoms with Crippen LogP contribution in [-0.2, 0) is 27.8 Å². The largest absolute Gasteiger partial charge is 0.489 e. The van der Waals surface area contributed by atoms with Crippen LogP contribution in [0.15, 0.2) is 119 Å². The standard InChI is InChI=1S/C30H29N3O4S/c1-23-12-18-28(19-13-23)38(35,36)33-29(20-24-8-4-2-5-9-24)30(34)32-31-21-25-14-16-27(17-15-25)37-22-26-10-6-3-7-11-26/h2-19,21,29,33H,20,22H2,1H3,(H,32,34). The van der Waals surface area contributed by atoms with Gasteiger partial charge in [0.2, 0.25) is 10.0 Å². The number of sulfonamides is 1. The van der Waals surface area contributed by atoms with Crippen molar-refractivity contribution in [3.05, 3.63) is 131 Å². The Labute approximate surface area is 223 Å². The zero-order chi connectivity index (χ0) is 26.8. The molecule has 4 rings (SSSR count). The van der Waals surface area contributed by atoms with Gasteiger partial charge < -0.3 is 4.74 Å². The first-order chi connectivity index (χ1) is 18.4. The van der Waals surface area contributed by atoms with Crippen LogP contribution in [0.2, 0.25) is 0 Å². The fraction of sp³-hybridized carbons (Fsp3) is 0.133. The van der Waals surface area contributed by atoms with E-state index in [0.717, 1.165) is 22.3 Å². The predicted octanol–water partition coefficient (Wildman–Crippen LogP) is 4.61. The molecule has 0 saturated carbocycles. The van der Waals surface area contributed by atoms with Gasteiger partial charge in [-0.3, -0.25) is 4.79 Å². The molecule has 0 heterocycles. The van der Waals surface area contributed by atoms with Gasteiger partial charge >= 0.3 is 0 Å². The maximum atomic E-state index is 13.0. The fourth-order valence-electron chi connectivity index (χ4n) is 3.65. The molecule has 7 nitrogen and oxygen atoms in total. The summed E-state index contributed by atoms with van der Waals surface area (Å²) in [6.07, 6.45) is 1.66. The molecule has 194 valence electrons. The smallest absolute Gasteiger partial charge is 0.258 e. The molecule has 38 heavy (non-hydrogen) atoms. The fourth-order valence-corrected chi connectivity index (χ4v) is 4.85. The van der Waals surface area contributed by atoms with Crippen molar-refractivity contribution >= 4 is 22.1 Å². The minimum atomic E-state index is -3.93. The van der Waals surface area contributed by atoms with Crippen molar-refractivity contribution < 1.29 is 17.9 Å².